The van der Waals surface area contributed by atoms with Gasteiger partial charge < -0.3 is 10.5 Å². The van der Waals surface area contributed by atoms with E-state index < -0.39 is 0 Å². The maximum Gasteiger partial charge on any atom is 0.150 e. The van der Waals surface area contributed by atoms with Gasteiger partial charge in [0.2, 0.25) is 0 Å². The second-order valence-corrected chi connectivity index (χ2v) is 5.90. The van der Waals surface area contributed by atoms with Crippen LogP contribution in [0, 0.1) is 0 Å². The van der Waals surface area contributed by atoms with Crippen molar-refractivity contribution in [1.82, 2.24) is 14.7 Å². The topological polar surface area (TPSA) is 56.3 Å². The number of anilines is 1. The van der Waals surface area contributed by atoms with E-state index in [1.807, 2.05) is 4.68 Å². The van der Waals surface area contributed by atoms with Crippen molar-refractivity contribution in [2.45, 2.75) is 31.3 Å². The molecule has 3 rings (SSSR count). The zero-order chi connectivity index (χ0) is 12.8. The van der Waals surface area contributed by atoms with Crippen molar-refractivity contribution in [3.63, 3.8) is 0 Å². The normalized spacial score (nSPS) is 25.0. The maximum absolute atomic E-state index is 6.15. The van der Waals surface area contributed by atoms with Crippen LogP contribution in [-0.2, 0) is 4.74 Å². The van der Waals surface area contributed by atoms with Crippen molar-refractivity contribution >= 4 is 17.3 Å². The molecule has 1 aromatic rings. The van der Waals surface area contributed by atoms with Crippen LogP contribution in [0.4, 0.5) is 5.69 Å². The Bertz CT molecular complexity index is 435. The summed E-state index contributed by atoms with van der Waals surface area (Å²) in [6, 6.07) is 0.371. The molecule has 2 aliphatic heterocycles. The molecule has 100 valence electrons. The van der Waals surface area contributed by atoms with Crippen LogP contribution in [0.5, 0.6) is 0 Å². The van der Waals surface area contributed by atoms with Gasteiger partial charge in [-0.15, -0.1) is 0 Å². The Kier molecular flexibility index (Phi) is 3.00. The van der Waals surface area contributed by atoms with Gasteiger partial charge in [-0.3, -0.25) is 4.90 Å². The van der Waals surface area contributed by atoms with Crippen molar-refractivity contribution < 1.29 is 4.74 Å². The molecule has 3 heterocycles. The molecule has 5 nitrogen and oxygen atoms in total. The molecule has 18 heavy (non-hydrogen) atoms. The number of piperidine rings is 1. The molecular formula is C12H19ClN4O. The average Bonchev–Trinajstić information content (AvgIpc) is 2.68. The number of nitrogen functional groups attached to an aromatic ring is 1. The van der Waals surface area contributed by atoms with Gasteiger partial charge in [0.05, 0.1) is 36.7 Å². The molecule has 0 bridgehead atoms. The molecule has 0 aliphatic carbocycles. The standard InChI is InChI=1S/C12H19ClN4O/c1-12(7-18-8-12)16-4-2-9(3-5-16)17-11(13)10(14)6-15-17/h6,9H,2-5,7-8,14H2,1H3. The molecule has 1 aromatic heterocycles. The Morgan fingerprint density at radius 1 is 1.44 bits per heavy atom. The summed E-state index contributed by atoms with van der Waals surface area (Å²) >= 11 is 6.15. The highest BCUT2D eigenvalue weighted by molar-refractivity contribution is 6.32. The van der Waals surface area contributed by atoms with Gasteiger partial charge in [0, 0.05) is 13.1 Å². The number of nitrogens with two attached hydrogens (primary N) is 1. The summed E-state index contributed by atoms with van der Waals surface area (Å²) in [5.74, 6) is 0. The van der Waals surface area contributed by atoms with E-state index in [0.29, 0.717) is 16.9 Å². The van der Waals surface area contributed by atoms with Crippen LogP contribution in [0.25, 0.3) is 0 Å². The molecule has 2 saturated heterocycles. The monoisotopic (exact) mass is 270 g/mol. The van der Waals surface area contributed by atoms with Crippen LogP contribution in [0.2, 0.25) is 5.15 Å². The summed E-state index contributed by atoms with van der Waals surface area (Å²) < 4.78 is 7.20. The fourth-order valence-corrected chi connectivity index (χ4v) is 3.08. The Morgan fingerprint density at radius 2 is 2.11 bits per heavy atom. The molecule has 2 N–H and O–H groups in total. The lowest BCUT2D eigenvalue weighted by Gasteiger charge is -2.49. The Balaban J connectivity index is 1.65. The predicted molar refractivity (Wildman–Crippen MR) is 70.7 cm³/mol. The van der Waals surface area contributed by atoms with E-state index in [0.717, 1.165) is 39.1 Å². The van der Waals surface area contributed by atoms with Gasteiger partial charge >= 0.3 is 0 Å². The third-order valence-electron chi connectivity index (χ3n) is 4.16. The van der Waals surface area contributed by atoms with Gasteiger partial charge in [-0.1, -0.05) is 11.6 Å². The minimum absolute atomic E-state index is 0.248. The molecular weight excluding hydrogens is 252 g/mol. The number of rotatable bonds is 2. The lowest BCUT2D eigenvalue weighted by atomic mass is 9.93. The second-order valence-electron chi connectivity index (χ2n) is 5.54. The van der Waals surface area contributed by atoms with Crippen LogP contribution in [0.3, 0.4) is 0 Å². The molecule has 0 unspecified atom stereocenters. The van der Waals surface area contributed by atoms with Crippen LogP contribution in [0.1, 0.15) is 25.8 Å². The molecule has 0 spiro atoms. The van der Waals surface area contributed by atoms with Gasteiger partial charge in [0.25, 0.3) is 0 Å². The Morgan fingerprint density at radius 3 is 2.56 bits per heavy atom. The summed E-state index contributed by atoms with van der Waals surface area (Å²) in [6.45, 7) is 6.12. The summed E-state index contributed by atoms with van der Waals surface area (Å²) in [7, 11) is 0. The summed E-state index contributed by atoms with van der Waals surface area (Å²) in [4.78, 5) is 2.52. The van der Waals surface area contributed by atoms with E-state index >= 15 is 0 Å². The number of aromatic nitrogens is 2. The largest absolute Gasteiger partial charge is 0.395 e. The van der Waals surface area contributed by atoms with E-state index in [1.165, 1.54) is 0 Å². The fraction of sp³-hybridized carbons (Fsp3) is 0.750. The molecule has 0 atom stereocenters. The van der Waals surface area contributed by atoms with Gasteiger partial charge in [0.15, 0.2) is 0 Å². The molecule has 0 aromatic carbocycles. The third kappa shape index (κ3) is 1.90. The van der Waals surface area contributed by atoms with E-state index in [-0.39, 0.29) is 5.54 Å². The van der Waals surface area contributed by atoms with E-state index in [4.69, 9.17) is 22.1 Å². The minimum Gasteiger partial charge on any atom is -0.395 e. The smallest absolute Gasteiger partial charge is 0.150 e. The van der Waals surface area contributed by atoms with E-state index in [9.17, 15) is 0 Å². The van der Waals surface area contributed by atoms with Crippen LogP contribution in [-0.4, -0.2) is 46.5 Å². The summed E-state index contributed by atoms with van der Waals surface area (Å²) in [6.07, 6.45) is 3.77. The van der Waals surface area contributed by atoms with E-state index in [1.54, 1.807) is 6.20 Å². The highest BCUT2D eigenvalue weighted by Crippen LogP contribution is 2.33. The van der Waals surface area contributed by atoms with Gasteiger partial charge in [-0.2, -0.15) is 5.10 Å². The second kappa shape index (κ2) is 4.40. The zero-order valence-electron chi connectivity index (χ0n) is 10.6. The fourth-order valence-electron chi connectivity index (χ4n) is 2.85. The Hall–Kier alpha value is -0.780. The highest BCUT2D eigenvalue weighted by atomic mass is 35.5. The number of hydrogen-bond acceptors (Lipinski definition) is 4. The predicted octanol–water partition coefficient (Wildman–Crippen LogP) is 1.54. The third-order valence-corrected chi connectivity index (χ3v) is 4.55. The molecule has 0 saturated carbocycles. The van der Waals surface area contributed by atoms with Crippen molar-refractivity contribution in [1.29, 1.82) is 0 Å². The van der Waals surface area contributed by atoms with Gasteiger partial charge in [0.1, 0.15) is 5.15 Å². The summed E-state index contributed by atoms with van der Waals surface area (Å²) in [5, 5.41) is 4.85. The molecule has 6 heteroatoms. The Labute approximate surface area is 112 Å². The van der Waals surface area contributed by atoms with Crippen molar-refractivity contribution in [2.24, 2.45) is 0 Å². The maximum atomic E-state index is 6.15. The summed E-state index contributed by atoms with van der Waals surface area (Å²) in [5.41, 5.74) is 6.55. The first kappa shape index (κ1) is 12.3. The van der Waals surface area contributed by atoms with Gasteiger partial charge in [-0.05, 0) is 19.8 Å². The van der Waals surface area contributed by atoms with Crippen LogP contribution < -0.4 is 5.73 Å². The zero-order valence-corrected chi connectivity index (χ0v) is 11.4. The van der Waals surface area contributed by atoms with Crippen molar-refractivity contribution in [3.8, 4) is 0 Å². The first-order valence-corrected chi connectivity index (χ1v) is 6.79. The van der Waals surface area contributed by atoms with Gasteiger partial charge in [-0.25, -0.2) is 4.68 Å². The number of nitrogens with zero attached hydrogens (tertiary/aromatic N) is 3. The number of ether oxygens (including phenoxy) is 1. The molecule has 0 radical (unpaired) electrons. The first-order chi connectivity index (χ1) is 8.60. The van der Waals surface area contributed by atoms with Crippen molar-refractivity contribution in [2.75, 3.05) is 32.0 Å². The SMILES string of the molecule is CC1(N2CCC(n3ncc(N)c3Cl)CC2)COC1. The minimum atomic E-state index is 0.248. The highest BCUT2D eigenvalue weighted by Gasteiger charge is 2.41. The lowest BCUT2D eigenvalue weighted by Crippen LogP contribution is -2.61. The lowest BCUT2D eigenvalue weighted by molar-refractivity contribution is -0.137. The molecule has 2 aliphatic rings. The molecule has 0 amide bonds. The number of halogens is 1. The first-order valence-electron chi connectivity index (χ1n) is 6.41. The quantitative estimate of drug-likeness (QED) is 0.886. The van der Waals surface area contributed by atoms with E-state index in [2.05, 4.69) is 16.9 Å². The average molecular weight is 271 g/mol. The number of likely N-dealkylation sites (tertiary alicyclic amines) is 1. The van der Waals surface area contributed by atoms with Crippen LogP contribution >= 0.6 is 11.6 Å². The number of hydrogen-bond donors (Lipinski definition) is 1. The van der Waals surface area contributed by atoms with Crippen molar-refractivity contribution in [3.05, 3.63) is 11.3 Å². The van der Waals surface area contributed by atoms with Crippen LogP contribution in [0.15, 0.2) is 6.20 Å². The molecule has 2 fully saturated rings.